The van der Waals surface area contributed by atoms with Gasteiger partial charge in [-0.1, -0.05) is 0 Å². The number of amides is 1. The zero-order valence-corrected chi connectivity index (χ0v) is 12.4. The van der Waals surface area contributed by atoms with Crippen LogP contribution in [-0.4, -0.2) is 34.3 Å². The van der Waals surface area contributed by atoms with Gasteiger partial charge < -0.3 is 24.0 Å². The van der Waals surface area contributed by atoms with Crippen LogP contribution in [0.3, 0.4) is 0 Å². The first-order chi connectivity index (χ1) is 7.70. The third-order valence-electron chi connectivity index (χ3n) is 2.21. The molecule has 0 N–H and O–H groups in total. The Morgan fingerprint density at radius 2 is 2.00 bits per heavy atom. The van der Waals surface area contributed by atoms with E-state index in [0.717, 1.165) is 9.47 Å². The molecular weight excluding hydrogens is 362 g/mol. The molecule has 0 aliphatic carbocycles. The number of carbonyl (C=O) groups is 1. The number of halogens is 4. The number of aromatic nitrogens is 2. The number of imidazole rings is 1. The fourth-order valence-corrected chi connectivity index (χ4v) is 1.38. The number of nitrogens with zero attached hydrogens (tertiary/aromatic N) is 3. The lowest BCUT2D eigenvalue weighted by molar-refractivity contribution is -0.670. The molecule has 0 aliphatic rings. The summed E-state index contributed by atoms with van der Waals surface area (Å²) in [5.41, 5.74) is 0. The van der Waals surface area contributed by atoms with Crippen LogP contribution in [0, 0.1) is 0 Å². The molecule has 0 atom stereocenters. The molecule has 1 rings (SSSR count). The second-order valence-electron chi connectivity index (χ2n) is 4.11. The molecule has 1 amide bonds. The van der Waals surface area contributed by atoms with Crippen LogP contribution < -0.4 is 28.5 Å². The van der Waals surface area contributed by atoms with Crippen molar-refractivity contribution in [2.24, 2.45) is 7.05 Å². The maximum atomic E-state index is 12.3. The highest BCUT2D eigenvalue weighted by Crippen LogP contribution is 2.18. The van der Waals surface area contributed by atoms with Gasteiger partial charge in [-0.2, -0.15) is 17.7 Å². The summed E-state index contributed by atoms with van der Waals surface area (Å²) in [6.45, 7) is 1.85. The van der Waals surface area contributed by atoms with Crippen LogP contribution in [0.15, 0.2) is 18.7 Å². The van der Waals surface area contributed by atoms with Crippen LogP contribution >= 0.6 is 0 Å². The number of alkyl halides is 3. The van der Waals surface area contributed by atoms with Crippen LogP contribution in [0.1, 0.15) is 13.8 Å². The van der Waals surface area contributed by atoms with Crippen molar-refractivity contribution in [3.63, 3.8) is 0 Å². The first kappa shape index (κ1) is 17.2. The first-order valence-electron chi connectivity index (χ1n) is 5.11. The first-order valence-corrected chi connectivity index (χ1v) is 5.11. The lowest BCUT2D eigenvalue weighted by Crippen LogP contribution is -3.00. The average Bonchev–Trinajstić information content (AvgIpc) is 2.58. The zero-order valence-electron chi connectivity index (χ0n) is 10.3. The summed E-state index contributed by atoms with van der Waals surface area (Å²) < 4.78 is 39.7. The second-order valence-corrected chi connectivity index (χ2v) is 4.11. The maximum absolute atomic E-state index is 12.3. The molecule has 0 bridgehead atoms. The highest BCUT2D eigenvalue weighted by atomic mass is 127. The molecule has 18 heavy (non-hydrogen) atoms. The van der Waals surface area contributed by atoms with E-state index in [1.165, 1.54) is 12.5 Å². The van der Waals surface area contributed by atoms with Crippen molar-refractivity contribution < 1.29 is 46.5 Å². The molecule has 1 aromatic rings. The topological polar surface area (TPSA) is 29.1 Å². The maximum Gasteiger partial charge on any atom is 0.416 e. The summed E-state index contributed by atoms with van der Waals surface area (Å²) in [6, 6.07) is -1.20. The lowest BCUT2D eigenvalue weighted by atomic mass is 10.3. The molecule has 0 saturated heterocycles. The van der Waals surface area contributed by atoms with E-state index in [2.05, 4.69) is 0 Å². The van der Waals surface area contributed by atoms with Gasteiger partial charge in [0.15, 0.2) is 0 Å². The Kier molecular flexibility index (Phi) is 6.11. The minimum atomic E-state index is -4.39. The van der Waals surface area contributed by atoms with Crippen molar-refractivity contribution >= 4 is 6.03 Å². The Morgan fingerprint density at radius 1 is 1.44 bits per heavy atom. The number of aryl methyl sites for hydroxylation is 1. The normalized spacial score (nSPS) is 11.3. The van der Waals surface area contributed by atoms with Gasteiger partial charge in [0.2, 0.25) is 0 Å². The van der Waals surface area contributed by atoms with Gasteiger partial charge >= 0.3 is 12.2 Å². The molecule has 1 heterocycles. The van der Waals surface area contributed by atoms with Crippen molar-refractivity contribution in [2.75, 3.05) is 6.54 Å². The molecule has 8 heteroatoms. The van der Waals surface area contributed by atoms with Crippen molar-refractivity contribution in [3.05, 3.63) is 18.7 Å². The quantitative estimate of drug-likeness (QED) is 0.459. The molecule has 4 nitrogen and oxygen atoms in total. The molecule has 0 aliphatic heterocycles. The summed E-state index contributed by atoms with van der Waals surface area (Å²) >= 11 is 0. The minimum absolute atomic E-state index is 0. The monoisotopic (exact) mass is 377 g/mol. The Morgan fingerprint density at radius 3 is 2.33 bits per heavy atom. The lowest BCUT2D eigenvalue weighted by Gasteiger charge is -2.25. The molecule has 0 unspecified atom stereocenters. The van der Waals surface area contributed by atoms with Gasteiger partial charge in [-0.25, -0.2) is 9.36 Å². The van der Waals surface area contributed by atoms with E-state index in [1.807, 2.05) is 0 Å². The molecular formula is C10H15F3IN3O. The van der Waals surface area contributed by atoms with Crippen LogP contribution in [0.25, 0.3) is 0 Å². The van der Waals surface area contributed by atoms with Crippen molar-refractivity contribution in [2.45, 2.75) is 26.1 Å². The van der Waals surface area contributed by atoms with Crippen LogP contribution in [0.2, 0.25) is 0 Å². The largest absolute Gasteiger partial charge is 1.00 e. The zero-order chi connectivity index (χ0) is 13.2. The molecule has 0 aromatic carbocycles. The number of rotatable bonds is 2. The second kappa shape index (κ2) is 6.39. The van der Waals surface area contributed by atoms with Crippen LogP contribution in [0.4, 0.5) is 18.0 Å². The fraction of sp³-hybridized carbons (Fsp3) is 0.600. The van der Waals surface area contributed by atoms with Crippen molar-refractivity contribution in [1.82, 2.24) is 9.47 Å². The van der Waals surface area contributed by atoms with E-state index < -0.39 is 24.8 Å². The minimum Gasteiger partial charge on any atom is -1.00 e. The van der Waals surface area contributed by atoms with Gasteiger partial charge in [-0.05, 0) is 13.8 Å². The van der Waals surface area contributed by atoms with Crippen LogP contribution in [-0.2, 0) is 7.05 Å². The standard InChI is InChI=1S/C10H15F3N3O.HI/c1-8(2)16(6-10(11,12)13)9(17)15-5-4-14(3)7-15;/h4-5,7-8H,6H2,1-3H3;1H/q+1;/p-1. The summed E-state index contributed by atoms with van der Waals surface area (Å²) in [7, 11) is 1.69. The molecule has 0 fully saturated rings. The third kappa shape index (κ3) is 4.83. The van der Waals surface area contributed by atoms with E-state index in [1.54, 1.807) is 31.7 Å². The molecule has 0 saturated carbocycles. The summed E-state index contributed by atoms with van der Waals surface area (Å²) in [5, 5.41) is 0. The highest BCUT2D eigenvalue weighted by molar-refractivity contribution is 5.76. The molecule has 0 spiro atoms. The van der Waals surface area contributed by atoms with E-state index in [9.17, 15) is 18.0 Å². The smallest absolute Gasteiger partial charge is 0.416 e. The van der Waals surface area contributed by atoms with Gasteiger partial charge in [0.05, 0.1) is 7.05 Å². The summed E-state index contributed by atoms with van der Waals surface area (Å²) in [4.78, 5) is 12.6. The number of hydrogen-bond donors (Lipinski definition) is 0. The van der Waals surface area contributed by atoms with E-state index in [4.69, 9.17) is 0 Å². The number of carbonyl (C=O) groups excluding carboxylic acids is 1. The predicted octanol–water partition coefficient (Wildman–Crippen LogP) is -1.44. The number of hydrogen-bond acceptors (Lipinski definition) is 1. The highest BCUT2D eigenvalue weighted by Gasteiger charge is 2.36. The summed E-state index contributed by atoms with van der Waals surface area (Å²) in [5.74, 6) is 0. The van der Waals surface area contributed by atoms with E-state index in [0.29, 0.717) is 0 Å². The average molecular weight is 377 g/mol. The van der Waals surface area contributed by atoms with Crippen LogP contribution in [0.5, 0.6) is 0 Å². The Hall–Kier alpha value is -0.800. The van der Waals surface area contributed by atoms with Gasteiger partial charge in [0, 0.05) is 6.04 Å². The third-order valence-corrected chi connectivity index (χ3v) is 2.21. The van der Waals surface area contributed by atoms with Crippen molar-refractivity contribution in [1.29, 1.82) is 0 Å². The van der Waals surface area contributed by atoms with Gasteiger partial charge in [0.25, 0.3) is 6.33 Å². The Balaban J connectivity index is 0.00000289. The summed E-state index contributed by atoms with van der Waals surface area (Å²) in [6.07, 6.45) is 0.0431. The predicted molar refractivity (Wildman–Crippen MR) is 54.3 cm³/mol. The molecule has 104 valence electrons. The van der Waals surface area contributed by atoms with E-state index in [-0.39, 0.29) is 24.0 Å². The molecule has 1 aromatic heterocycles. The van der Waals surface area contributed by atoms with Crippen molar-refractivity contribution in [3.8, 4) is 0 Å². The Labute approximate surface area is 120 Å². The fourth-order valence-electron chi connectivity index (χ4n) is 1.38. The van der Waals surface area contributed by atoms with Gasteiger partial charge in [0.1, 0.15) is 18.9 Å². The van der Waals surface area contributed by atoms with E-state index >= 15 is 0 Å². The SMILES string of the molecule is CC(C)N(CC(F)(F)F)C(=O)n1cc[n+](C)c1.[I-]. The molecule has 0 radical (unpaired) electrons. The Bertz CT molecular complexity index is 403. The van der Waals surface area contributed by atoms with Gasteiger partial charge in [-0.3, -0.25) is 4.90 Å². The van der Waals surface area contributed by atoms with Gasteiger partial charge in [-0.15, -0.1) is 0 Å².